The van der Waals surface area contributed by atoms with E-state index in [-0.39, 0.29) is 18.3 Å². The molecule has 0 saturated carbocycles. The molecule has 2 rings (SSSR count). The second-order valence-corrected chi connectivity index (χ2v) is 6.86. The molecule has 0 saturated heterocycles. The van der Waals surface area contributed by atoms with Crippen molar-refractivity contribution in [3.8, 4) is 11.5 Å². The third-order valence-corrected chi connectivity index (χ3v) is 4.11. The van der Waals surface area contributed by atoms with Gasteiger partial charge in [-0.05, 0) is 55.3 Å². The third-order valence-electron chi connectivity index (χ3n) is 4.11. The van der Waals surface area contributed by atoms with E-state index in [0.717, 1.165) is 5.56 Å². The second kappa shape index (κ2) is 11.7. The van der Waals surface area contributed by atoms with E-state index < -0.39 is 24.5 Å². The van der Waals surface area contributed by atoms with Crippen molar-refractivity contribution in [1.82, 2.24) is 5.32 Å². The van der Waals surface area contributed by atoms with Crippen molar-refractivity contribution in [2.75, 3.05) is 7.11 Å². The number of amides is 1. The Hall–Kier alpha value is -3.42. The van der Waals surface area contributed by atoms with Gasteiger partial charge >= 0.3 is 12.6 Å². The minimum absolute atomic E-state index is 0.0276. The van der Waals surface area contributed by atoms with Crippen LogP contribution < -0.4 is 14.8 Å². The molecule has 6 nitrogen and oxygen atoms in total. The van der Waals surface area contributed by atoms with Crippen LogP contribution in [-0.2, 0) is 14.3 Å². The molecule has 31 heavy (non-hydrogen) atoms. The summed E-state index contributed by atoms with van der Waals surface area (Å²) in [6.07, 6.45) is 2.52. The number of hydrogen-bond donors (Lipinski definition) is 1. The monoisotopic (exact) mass is 433 g/mol. The van der Waals surface area contributed by atoms with E-state index in [4.69, 9.17) is 9.47 Å². The smallest absolute Gasteiger partial charge is 0.387 e. The van der Waals surface area contributed by atoms with Crippen molar-refractivity contribution >= 4 is 18.0 Å². The van der Waals surface area contributed by atoms with Gasteiger partial charge < -0.3 is 19.5 Å². The number of halogens is 2. The predicted molar refractivity (Wildman–Crippen MR) is 112 cm³/mol. The van der Waals surface area contributed by atoms with Gasteiger partial charge in [0.2, 0.25) is 5.91 Å². The molecule has 0 aliphatic carbocycles. The molecule has 2 aromatic rings. The molecule has 0 spiro atoms. The summed E-state index contributed by atoms with van der Waals surface area (Å²) >= 11 is 0. The van der Waals surface area contributed by atoms with E-state index in [1.165, 1.54) is 24.3 Å². The van der Waals surface area contributed by atoms with Crippen LogP contribution in [-0.4, -0.2) is 31.7 Å². The Labute approximate surface area is 179 Å². The van der Waals surface area contributed by atoms with E-state index in [1.807, 2.05) is 0 Å². The number of carbonyl (C=O) groups excluding carboxylic acids is 2. The number of nitrogens with one attached hydrogen (secondary N) is 1. The van der Waals surface area contributed by atoms with Crippen LogP contribution in [0.15, 0.2) is 54.6 Å². The molecule has 2 aromatic carbocycles. The Kier molecular flexibility index (Phi) is 8.99. The second-order valence-electron chi connectivity index (χ2n) is 6.86. The highest BCUT2D eigenvalue weighted by Crippen LogP contribution is 2.21. The molecule has 1 N–H and O–H groups in total. The summed E-state index contributed by atoms with van der Waals surface area (Å²) in [4.78, 5) is 24.6. The van der Waals surface area contributed by atoms with Crippen LogP contribution in [0.5, 0.6) is 11.5 Å². The van der Waals surface area contributed by atoms with Crippen LogP contribution in [0, 0.1) is 0 Å². The molecule has 1 amide bonds. The van der Waals surface area contributed by atoms with Crippen molar-refractivity contribution in [2.24, 2.45) is 0 Å². The van der Waals surface area contributed by atoms with Gasteiger partial charge in [-0.1, -0.05) is 24.3 Å². The Bertz CT molecular complexity index is 880. The highest BCUT2D eigenvalue weighted by atomic mass is 19.3. The maximum atomic E-state index is 12.4. The van der Waals surface area contributed by atoms with Crippen LogP contribution in [0.2, 0.25) is 0 Å². The molecular weight excluding hydrogens is 408 g/mol. The average Bonchev–Trinajstić information content (AvgIpc) is 2.72. The Morgan fingerprint density at radius 2 is 1.61 bits per heavy atom. The van der Waals surface area contributed by atoms with Crippen molar-refractivity contribution in [3.63, 3.8) is 0 Å². The van der Waals surface area contributed by atoms with Crippen LogP contribution in [0.25, 0.3) is 6.08 Å². The van der Waals surface area contributed by atoms with E-state index in [9.17, 15) is 18.4 Å². The fraction of sp³-hybridized carbons (Fsp3) is 0.304. The number of esters is 1. The number of rotatable bonds is 10. The molecule has 1 atom stereocenters. The molecule has 1 unspecified atom stereocenters. The summed E-state index contributed by atoms with van der Waals surface area (Å²) in [6.45, 7) is 0.600. The van der Waals surface area contributed by atoms with Gasteiger partial charge in [-0.15, -0.1) is 0 Å². The van der Waals surface area contributed by atoms with E-state index in [2.05, 4.69) is 10.1 Å². The SMILES string of the molecule is COc1ccc(C(CC(=O)OC(C)C)NC(=O)/C=C/c2ccc(OC(F)F)cc2)cc1. The largest absolute Gasteiger partial charge is 0.497 e. The normalized spacial score (nSPS) is 12.1. The van der Waals surface area contributed by atoms with Crippen molar-refractivity contribution < 1.29 is 32.6 Å². The van der Waals surface area contributed by atoms with Gasteiger partial charge in [-0.2, -0.15) is 8.78 Å². The molecule has 0 aliphatic rings. The van der Waals surface area contributed by atoms with E-state index in [1.54, 1.807) is 57.4 Å². The number of hydrogen-bond acceptors (Lipinski definition) is 5. The topological polar surface area (TPSA) is 73.9 Å². The minimum atomic E-state index is -2.90. The molecule has 0 bridgehead atoms. The number of ether oxygens (including phenoxy) is 3. The lowest BCUT2D eigenvalue weighted by atomic mass is 10.0. The molecule has 166 valence electrons. The van der Waals surface area contributed by atoms with Gasteiger partial charge in [0.25, 0.3) is 0 Å². The van der Waals surface area contributed by atoms with E-state index >= 15 is 0 Å². The lowest BCUT2D eigenvalue weighted by Gasteiger charge is -2.19. The van der Waals surface area contributed by atoms with Gasteiger partial charge in [0, 0.05) is 6.08 Å². The lowest BCUT2D eigenvalue weighted by molar-refractivity contribution is -0.148. The minimum Gasteiger partial charge on any atom is -0.497 e. The molecular formula is C23H25F2NO5. The zero-order valence-corrected chi connectivity index (χ0v) is 17.5. The maximum Gasteiger partial charge on any atom is 0.387 e. The van der Waals surface area contributed by atoms with Gasteiger partial charge in [-0.25, -0.2) is 0 Å². The lowest BCUT2D eigenvalue weighted by Crippen LogP contribution is -2.29. The van der Waals surface area contributed by atoms with Crippen LogP contribution in [0.1, 0.15) is 37.4 Å². The van der Waals surface area contributed by atoms with Crippen LogP contribution in [0.4, 0.5) is 8.78 Å². The maximum absolute atomic E-state index is 12.4. The summed E-state index contributed by atoms with van der Waals surface area (Å²) in [5.74, 6) is -0.182. The molecule has 8 heteroatoms. The predicted octanol–water partition coefficient (Wildman–Crippen LogP) is 4.51. The Morgan fingerprint density at radius 3 is 2.16 bits per heavy atom. The molecule has 0 aliphatic heterocycles. The molecule has 0 radical (unpaired) electrons. The average molecular weight is 433 g/mol. The summed E-state index contributed by atoms with van der Waals surface area (Å²) in [6, 6.07) is 12.2. The summed E-state index contributed by atoms with van der Waals surface area (Å²) in [7, 11) is 1.55. The zero-order valence-electron chi connectivity index (χ0n) is 17.5. The van der Waals surface area contributed by atoms with Gasteiger partial charge in [0.05, 0.1) is 25.7 Å². The first kappa shape index (κ1) is 23.9. The van der Waals surface area contributed by atoms with Crippen molar-refractivity contribution in [1.29, 1.82) is 0 Å². The van der Waals surface area contributed by atoms with Gasteiger partial charge in [0.1, 0.15) is 11.5 Å². The van der Waals surface area contributed by atoms with Crippen LogP contribution in [0.3, 0.4) is 0 Å². The first-order chi connectivity index (χ1) is 14.8. The van der Waals surface area contributed by atoms with E-state index in [0.29, 0.717) is 11.3 Å². The number of methoxy groups -OCH3 is 1. The fourth-order valence-electron chi connectivity index (χ4n) is 2.72. The van der Waals surface area contributed by atoms with Gasteiger partial charge in [-0.3, -0.25) is 9.59 Å². The zero-order chi connectivity index (χ0) is 22.8. The van der Waals surface area contributed by atoms with Crippen LogP contribution >= 0.6 is 0 Å². The Balaban J connectivity index is 2.08. The van der Waals surface area contributed by atoms with Crippen molar-refractivity contribution in [3.05, 3.63) is 65.7 Å². The number of benzene rings is 2. The summed E-state index contributed by atoms with van der Waals surface area (Å²) < 4.78 is 39.0. The quantitative estimate of drug-likeness (QED) is 0.441. The molecule has 0 aromatic heterocycles. The highest BCUT2D eigenvalue weighted by Gasteiger charge is 2.19. The van der Waals surface area contributed by atoms with Crippen molar-refractivity contribution in [2.45, 2.75) is 39.0 Å². The van der Waals surface area contributed by atoms with Gasteiger partial charge in [0.15, 0.2) is 0 Å². The number of carbonyl (C=O) groups is 2. The fourth-order valence-corrected chi connectivity index (χ4v) is 2.72. The summed E-state index contributed by atoms with van der Waals surface area (Å²) in [5, 5.41) is 2.79. The standard InChI is InChI=1S/C23H25F2NO5/c1-15(2)30-22(28)14-20(17-7-11-18(29-3)12-8-17)26-21(27)13-6-16-4-9-19(10-5-16)31-23(24)25/h4-13,15,20,23H,14H2,1-3H3,(H,26,27)/b13-6+. The molecule has 0 heterocycles. The Morgan fingerprint density at radius 1 is 1.00 bits per heavy atom. The molecule has 0 fully saturated rings. The first-order valence-electron chi connectivity index (χ1n) is 9.63. The highest BCUT2D eigenvalue weighted by molar-refractivity contribution is 5.92. The third kappa shape index (κ3) is 8.46. The first-order valence-corrected chi connectivity index (χ1v) is 9.63. The number of alkyl halides is 2. The summed E-state index contributed by atoms with van der Waals surface area (Å²) in [5.41, 5.74) is 1.34.